The van der Waals surface area contributed by atoms with Gasteiger partial charge in [0.05, 0.1) is 0 Å². The van der Waals surface area contributed by atoms with Crippen molar-refractivity contribution in [2.45, 2.75) is 24.9 Å². The van der Waals surface area contributed by atoms with E-state index in [1.807, 2.05) is 0 Å². The molecule has 0 radical (unpaired) electrons. The molecule has 0 bridgehead atoms. The number of nitrogens with zero attached hydrogens (tertiary/aromatic N) is 1. The Morgan fingerprint density at radius 2 is 1.97 bits per heavy atom. The van der Waals surface area contributed by atoms with E-state index in [-0.39, 0.29) is 18.7 Å². The van der Waals surface area contributed by atoms with Crippen LogP contribution in [0.2, 0.25) is 5.02 Å². The molecule has 31 heavy (non-hydrogen) atoms. The van der Waals surface area contributed by atoms with Crippen molar-refractivity contribution in [3.8, 4) is 11.1 Å². The number of carboxylic acids is 1. The topological polar surface area (TPSA) is 151 Å². The molecule has 0 saturated heterocycles. The second-order valence-corrected chi connectivity index (χ2v) is 7.26. The lowest BCUT2D eigenvalue weighted by Gasteiger charge is -2.20. The number of nitrogens with two attached hydrogens (primary N) is 1. The van der Waals surface area contributed by atoms with Crippen LogP contribution < -0.4 is 16.8 Å². The van der Waals surface area contributed by atoms with Crippen LogP contribution in [0.5, 0.6) is 0 Å². The predicted molar refractivity (Wildman–Crippen MR) is 109 cm³/mol. The van der Waals surface area contributed by atoms with Crippen molar-refractivity contribution in [3.05, 3.63) is 75.2 Å². The van der Waals surface area contributed by atoms with Crippen LogP contribution in [0.1, 0.15) is 22.6 Å². The van der Waals surface area contributed by atoms with Crippen LogP contribution in [0, 0.1) is 5.82 Å². The minimum Gasteiger partial charge on any atom is -0.480 e. The van der Waals surface area contributed by atoms with Crippen molar-refractivity contribution in [3.63, 3.8) is 0 Å². The molecule has 0 saturated carbocycles. The Balaban J connectivity index is 1.78. The van der Waals surface area contributed by atoms with Gasteiger partial charge in [-0.05, 0) is 47.3 Å². The minimum atomic E-state index is -1.22. The largest absolute Gasteiger partial charge is 0.480 e. The third-order valence-corrected chi connectivity index (χ3v) is 4.76. The minimum absolute atomic E-state index is 0.0756. The second-order valence-electron chi connectivity index (χ2n) is 6.82. The molecule has 2 atom stereocenters. The maximum Gasteiger partial charge on any atom is 0.439 e. The average molecular weight is 449 g/mol. The fourth-order valence-corrected chi connectivity index (χ4v) is 3.18. The molecule has 0 aliphatic carbocycles. The molecule has 1 heterocycles. The number of rotatable bonds is 8. The number of H-pyrrole nitrogens is 1. The highest BCUT2D eigenvalue weighted by atomic mass is 35.5. The molecule has 0 aliphatic heterocycles. The smallest absolute Gasteiger partial charge is 0.439 e. The summed E-state index contributed by atoms with van der Waals surface area (Å²) in [5.74, 6) is -3.62. The Labute approximate surface area is 180 Å². The molecule has 1 amide bonds. The number of carbonyl (C=O) groups excluding carboxylic acids is 1. The van der Waals surface area contributed by atoms with E-state index in [9.17, 15) is 18.8 Å². The summed E-state index contributed by atoms with van der Waals surface area (Å²) in [6.45, 7) is 0. The van der Waals surface area contributed by atoms with E-state index >= 15 is 0 Å². The van der Waals surface area contributed by atoms with Gasteiger partial charge in [0.15, 0.2) is 0 Å². The molecule has 0 fully saturated rings. The van der Waals surface area contributed by atoms with Crippen LogP contribution in [0.15, 0.2) is 51.8 Å². The van der Waals surface area contributed by atoms with E-state index in [4.69, 9.17) is 22.4 Å². The van der Waals surface area contributed by atoms with Gasteiger partial charge in [-0.1, -0.05) is 35.9 Å². The van der Waals surface area contributed by atoms with Gasteiger partial charge in [0.25, 0.3) is 5.91 Å². The van der Waals surface area contributed by atoms with E-state index in [0.29, 0.717) is 16.1 Å². The SMILES string of the molecule is N[C@H](C[C@@H](Cc1ccc(-c2cc(Cl)ccc2F)cc1)NC(=O)c1noc(=O)[nH]1)C(=O)O. The summed E-state index contributed by atoms with van der Waals surface area (Å²) in [4.78, 5) is 36.6. The molecular weight excluding hydrogens is 431 g/mol. The van der Waals surface area contributed by atoms with Gasteiger partial charge in [-0.2, -0.15) is 0 Å². The lowest BCUT2D eigenvalue weighted by Crippen LogP contribution is -2.43. The van der Waals surface area contributed by atoms with Gasteiger partial charge < -0.3 is 16.2 Å². The van der Waals surface area contributed by atoms with Crippen LogP contribution in [0.3, 0.4) is 0 Å². The molecule has 3 aromatic rings. The first-order valence-corrected chi connectivity index (χ1v) is 9.50. The zero-order valence-electron chi connectivity index (χ0n) is 16.0. The number of aromatic amines is 1. The van der Waals surface area contributed by atoms with Crippen molar-refractivity contribution < 1.29 is 23.6 Å². The first-order chi connectivity index (χ1) is 14.7. The fraction of sp³-hybridized carbons (Fsp3) is 0.200. The van der Waals surface area contributed by atoms with Gasteiger partial charge >= 0.3 is 11.7 Å². The van der Waals surface area contributed by atoms with Crippen molar-refractivity contribution in [2.75, 3.05) is 0 Å². The third-order valence-electron chi connectivity index (χ3n) is 4.52. The molecule has 5 N–H and O–H groups in total. The highest BCUT2D eigenvalue weighted by Crippen LogP contribution is 2.26. The van der Waals surface area contributed by atoms with E-state index < -0.39 is 35.5 Å². The van der Waals surface area contributed by atoms with Crippen LogP contribution in [0.4, 0.5) is 4.39 Å². The highest BCUT2D eigenvalue weighted by Gasteiger charge is 2.23. The Morgan fingerprint density at radius 1 is 1.26 bits per heavy atom. The maximum atomic E-state index is 14.1. The number of halogens is 2. The molecule has 162 valence electrons. The number of nitrogens with one attached hydrogen (secondary N) is 2. The highest BCUT2D eigenvalue weighted by molar-refractivity contribution is 6.30. The van der Waals surface area contributed by atoms with E-state index in [1.165, 1.54) is 18.2 Å². The Morgan fingerprint density at radius 3 is 2.58 bits per heavy atom. The number of amides is 1. The predicted octanol–water partition coefficient (Wildman–Crippen LogP) is 1.97. The lowest BCUT2D eigenvalue weighted by atomic mass is 9.97. The van der Waals surface area contributed by atoms with Crippen LogP contribution in [-0.4, -0.2) is 39.2 Å². The summed E-state index contributed by atoms with van der Waals surface area (Å²) >= 11 is 5.94. The van der Waals surface area contributed by atoms with Crippen LogP contribution in [-0.2, 0) is 11.2 Å². The third kappa shape index (κ3) is 5.77. The quantitative estimate of drug-likeness (QED) is 0.411. The number of carbonyl (C=O) groups is 2. The van der Waals surface area contributed by atoms with Gasteiger partial charge in [-0.25, -0.2) is 9.18 Å². The first kappa shape index (κ1) is 22.2. The van der Waals surface area contributed by atoms with E-state index in [0.717, 1.165) is 5.56 Å². The number of hydrogen-bond acceptors (Lipinski definition) is 6. The lowest BCUT2D eigenvalue weighted by molar-refractivity contribution is -0.138. The van der Waals surface area contributed by atoms with Gasteiger partial charge in [-0.15, -0.1) is 0 Å². The standard InChI is InChI=1S/C20H18ClFN4O5/c21-12-5-6-15(22)14(8-12)11-3-1-10(2-4-11)7-13(9-16(23)19(28)29)24-18(27)17-25-20(30)31-26-17/h1-6,8,13,16H,7,9,23H2,(H,24,27)(H,28,29)(H,25,26,30)/t13-,16-/m1/s1. The molecule has 2 aromatic carbocycles. The number of benzene rings is 2. The van der Waals surface area contributed by atoms with Gasteiger partial charge in [0.2, 0.25) is 5.82 Å². The van der Waals surface area contributed by atoms with Crippen LogP contribution in [0.25, 0.3) is 11.1 Å². The molecule has 3 rings (SSSR count). The van der Waals surface area contributed by atoms with Crippen molar-refractivity contribution in [1.29, 1.82) is 0 Å². The maximum absolute atomic E-state index is 14.1. The Hall–Kier alpha value is -3.50. The van der Waals surface area contributed by atoms with Gasteiger partial charge in [-0.3, -0.25) is 19.1 Å². The second kappa shape index (κ2) is 9.54. The van der Waals surface area contributed by atoms with Crippen molar-refractivity contribution in [2.24, 2.45) is 5.73 Å². The fourth-order valence-electron chi connectivity index (χ4n) is 3.01. The first-order valence-electron chi connectivity index (χ1n) is 9.12. The summed E-state index contributed by atoms with van der Waals surface area (Å²) in [6, 6.07) is 9.16. The summed E-state index contributed by atoms with van der Waals surface area (Å²) in [5, 5.41) is 15.4. The van der Waals surface area contributed by atoms with Crippen LogP contribution >= 0.6 is 11.6 Å². The molecule has 11 heteroatoms. The zero-order chi connectivity index (χ0) is 22.5. The molecule has 1 aromatic heterocycles. The molecule has 0 spiro atoms. The van der Waals surface area contributed by atoms with Gasteiger partial charge in [0.1, 0.15) is 11.9 Å². The summed E-state index contributed by atoms with van der Waals surface area (Å²) in [7, 11) is 0. The normalized spacial score (nSPS) is 12.9. The van der Waals surface area contributed by atoms with Gasteiger partial charge in [0, 0.05) is 16.6 Å². The number of hydrogen-bond donors (Lipinski definition) is 4. The summed E-state index contributed by atoms with van der Waals surface area (Å²) < 4.78 is 18.4. The van der Waals surface area contributed by atoms with E-state index in [2.05, 4.69) is 20.0 Å². The Kier molecular flexibility index (Phi) is 6.83. The number of carboxylic acid groups (broad SMARTS) is 1. The van der Waals surface area contributed by atoms with Crippen molar-refractivity contribution >= 4 is 23.5 Å². The summed E-state index contributed by atoms with van der Waals surface area (Å²) in [5.41, 5.74) is 7.31. The Bertz CT molecular complexity index is 1140. The van der Waals surface area contributed by atoms with Crippen molar-refractivity contribution in [1.82, 2.24) is 15.5 Å². The monoisotopic (exact) mass is 448 g/mol. The molecular formula is C20H18ClFN4O5. The number of aromatic nitrogens is 2. The van der Waals surface area contributed by atoms with E-state index in [1.54, 1.807) is 24.3 Å². The summed E-state index contributed by atoms with van der Waals surface area (Å²) in [6.07, 6.45) is 0.154. The molecule has 0 unspecified atom stereocenters. The molecule has 9 nitrogen and oxygen atoms in total. The average Bonchev–Trinajstić information content (AvgIpc) is 3.17. The zero-order valence-corrected chi connectivity index (χ0v) is 16.7. The number of aliphatic carboxylic acids is 1. The molecule has 0 aliphatic rings.